The Morgan fingerprint density at radius 2 is 2.21 bits per heavy atom. The van der Waals surface area contributed by atoms with E-state index in [9.17, 15) is 9.18 Å². The van der Waals surface area contributed by atoms with E-state index < -0.39 is 0 Å². The molecule has 0 saturated heterocycles. The SMILES string of the molecule is CNCC(=O)Cc1cc(F)ccc1C. The summed E-state index contributed by atoms with van der Waals surface area (Å²) in [6, 6.07) is 4.52. The molecule has 0 spiro atoms. The molecule has 0 atom stereocenters. The quantitative estimate of drug-likeness (QED) is 0.788. The van der Waals surface area contributed by atoms with Gasteiger partial charge in [0.05, 0.1) is 6.54 Å². The van der Waals surface area contributed by atoms with Gasteiger partial charge in [-0.1, -0.05) is 6.07 Å². The van der Waals surface area contributed by atoms with Gasteiger partial charge in [0.25, 0.3) is 0 Å². The van der Waals surface area contributed by atoms with E-state index in [1.54, 1.807) is 13.1 Å². The molecule has 14 heavy (non-hydrogen) atoms. The number of nitrogens with one attached hydrogen (secondary N) is 1. The summed E-state index contributed by atoms with van der Waals surface area (Å²) in [5.41, 5.74) is 1.72. The van der Waals surface area contributed by atoms with Crippen LogP contribution in [0.25, 0.3) is 0 Å². The van der Waals surface area contributed by atoms with Gasteiger partial charge in [-0.3, -0.25) is 4.79 Å². The topological polar surface area (TPSA) is 29.1 Å². The second-order valence-electron chi connectivity index (χ2n) is 3.32. The van der Waals surface area contributed by atoms with Crippen molar-refractivity contribution in [2.45, 2.75) is 13.3 Å². The molecule has 0 aliphatic rings. The molecule has 0 aromatic heterocycles. The van der Waals surface area contributed by atoms with Crippen molar-refractivity contribution in [3.05, 3.63) is 35.1 Å². The molecule has 76 valence electrons. The maximum absolute atomic E-state index is 12.9. The highest BCUT2D eigenvalue weighted by Gasteiger charge is 2.05. The maximum Gasteiger partial charge on any atom is 0.150 e. The number of ketones is 1. The highest BCUT2D eigenvalue weighted by molar-refractivity contribution is 5.83. The Balaban J connectivity index is 2.75. The van der Waals surface area contributed by atoms with Crippen LogP contribution in [0.15, 0.2) is 18.2 Å². The number of hydrogen-bond donors (Lipinski definition) is 1. The molecule has 1 rings (SSSR count). The zero-order chi connectivity index (χ0) is 10.6. The fourth-order valence-electron chi connectivity index (χ4n) is 1.30. The minimum atomic E-state index is -0.289. The molecule has 1 aromatic carbocycles. The van der Waals surface area contributed by atoms with E-state index in [0.717, 1.165) is 11.1 Å². The normalized spacial score (nSPS) is 10.2. The third kappa shape index (κ3) is 2.92. The number of hydrogen-bond acceptors (Lipinski definition) is 2. The van der Waals surface area contributed by atoms with Gasteiger partial charge in [0, 0.05) is 6.42 Å². The smallest absolute Gasteiger partial charge is 0.150 e. The lowest BCUT2D eigenvalue weighted by Gasteiger charge is -2.04. The zero-order valence-corrected chi connectivity index (χ0v) is 8.43. The van der Waals surface area contributed by atoms with Crippen LogP contribution < -0.4 is 5.32 Å². The monoisotopic (exact) mass is 195 g/mol. The fourth-order valence-corrected chi connectivity index (χ4v) is 1.30. The summed E-state index contributed by atoms with van der Waals surface area (Å²) >= 11 is 0. The molecule has 0 heterocycles. The van der Waals surface area contributed by atoms with E-state index in [2.05, 4.69) is 5.32 Å². The van der Waals surface area contributed by atoms with Crippen LogP contribution in [0.4, 0.5) is 4.39 Å². The molecule has 1 N–H and O–H groups in total. The molecule has 3 heteroatoms. The molecule has 0 radical (unpaired) electrons. The van der Waals surface area contributed by atoms with Crippen LogP contribution in [0.3, 0.4) is 0 Å². The van der Waals surface area contributed by atoms with Crippen molar-refractivity contribution < 1.29 is 9.18 Å². The second kappa shape index (κ2) is 4.86. The first-order valence-electron chi connectivity index (χ1n) is 4.55. The van der Waals surface area contributed by atoms with Crippen LogP contribution in [0, 0.1) is 12.7 Å². The van der Waals surface area contributed by atoms with Gasteiger partial charge in [0.2, 0.25) is 0 Å². The highest BCUT2D eigenvalue weighted by Crippen LogP contribution is 2.10. The number of aryl methyl sites for hydroxylation is 1. The molecular weight excluding hydrogens is 181 g/mol. The predicted octanol–water partition coefficient (Wildman–Crippen LogP) is 1.47. The molecule has 0 amide bonds. The number of halogens is 1. The van der Waals surface area contributed by atoms with Crippen molar-refractivity contribution in [3.8, 4) is 0 Å². The summed E-state index contributed by atoms with van der Waals surface area (Å²) < 4.78 is 12.9. The molecule has 0 saturated carbocycles. The van der Waals surface area contributed by atoms with Crippen LogP contribution in [0.2, 0.25) is 0 Å². The Labute approximate surface area is 83.1 Å². The first kappa shape index (κ1) is 10.9. The summed E-state index contributed by atoms with van der Waals surface area (Å²) in [6.45, 7) is 2.21. The number of benzene rings is 1. The largest absolute Gasteiger partial charge is 0.313 e. The van der Waals surface area contributed by atoms with Crippen LogP contribution in [0.1, 0.15) is 11.1 Å². The third-order valence-corrected chi connectivity index (χ3v) is 2.07. The first-order chi connectivity index (χ1) is 6.63. The number of Topliss-reactive ketones (excluding diaryl/α,β-unsaturated/α-hetero) is 1. The summed E-state index contributed by atoms with van der Waals surface area (Å²) in [4.78, 5) is 11.3. The van der Waals surface area contributed by atoms with E-state index in [1.165, 1.54) is 12.1 Å². The van der Waals surface area contributed by atoms with Gasteiger partial charge in [0.15, 0.2) is 5.78 Å². The van der Waals surface area contributed by atoms with E-state index in [1.807, 2.05) is 6.92 Å². The van der Waals surface area contributed by atoms with Crippen LogP contribution in [0.5, 0.6) is 0 Å². The van der Waals surface area contributed by atoms with E-state index in [0.29, 0.717) is 13.0 Å². The summed E-state index contributed by atoms with van der Waals surface area (Å²) in [5, 5.41) is 2.78. The first-order valence-corrected chi connectivity index (χ1v) is 4.55. The number of carbonyl (C=O) groups excluding carboxylic acids is 1. The van der Waals surface area contributed by atoms with Gasteiger partial charge in [-0.2, -0.15) is 0 Å². The molecule has 1 aromatic rings. The Hall–Kier alpha value is -1.22. The molecule has 0 aliphatic carbocycles. The minimum absolute atomic E-state index is 0.0706. The van der Waals surface area contributed by atoms with Gasteiger partial charge in [-0.05, 0) is 37.2 Å². The average Bonchev–Trinajstić information content (AvgIpc) is 2.12. The van der Waals surface area contributed by atoms with Crippen molar-refractivity contribution in [1.29, 1.82) is 0 Å². The van der Waals surface area contributed by atoms with Crippen LogP contribution in [-0.4, -0.2) is 19.4 Å². The Morgan fingerprint density at radius 3 is 2.86 bits per heavy atom. The predicted molar refractivity (Wildman–Crippen MR) is 53.8 cm³/mol. The summed E-state index contributed by atoms with van der Waals surface area (Å²) in [6.07, 6.45) is 0.296. The standard InChI is InChI=1S/C11H14FNO/c1-8-3-4-10(12)5-9(8)6-11(14)7-13-2/h3-5,13H,6-7H2,1-2H3. The van der Waals surface area contributed by atoms with Crippen LogP contribution >= 0.6 is 0 Å². The lowest BCUT2D eigenvalue weighted by Crippen LogP contribution is -2.20. The molecule has 0 fully saturated rings. The van der Waals surface area contributed by atoms with Crippen molar-refractivity contribution in [3.63, 3.8) is 0 Å². The summed E-state index contributed by atoms with van der Waals surface area (Å²) in [7, 11) is 1.72. The van der Waals surface area contributed by atoms with Gasteiger partial charge < -0.3 is 5.32 Å². The maximum atomic E-state index is 12.9. The molecule has 0 unspecified atom stereocenters. The van der Waals surface area contributed by atoms with E-state index in [4.69, 9.17) is 0 Å². The Kier molecular flexibility index (Phi) is 3.77. The molecule has 0 bridgehead atoms. The van der Waals surface area contributed by atoms with Crippen molar-refractivity contribution in [1.82, 2.24) is 5.32 Å². The highest BCUT2D eigenvalue weighted by atomic mass is 19.1. The zero-order valence-electron chi connectivity index (χ0n) is 8.43. The number of likely N-dealkylation sites (N-methyl/N-ethyl adjacent to an activating group) is 1. The van der Waals surface area contributed by atoms with Crippen molar-refractivity contribution in [2.24, 2.45) is 0 Å². The molecule has 0 aliphatic heterocycles. The number of rotatable bonds is 4. The Bertz CT molecular complexity index is 336. The van der Waals surface area contributed by atoms with Crippen molar-refractivity contribution in [2.75, 3.05) is 13.6 Å². The second-order valence-corrected chi connectivity index (χ2v) is 3.32. The minimum Gasteiger partial charge on any atom is -0.313 e. The molecule has 2 nitrogen and oxygen atoms in total. The summed E-state index contributed by atoms with van der Waals surface area (Å²) in [5.74, 6) is -0.218. The van der Waals surface area contributed by atoms with Crippen molar-refractivity contribution >= 4 is 5.78 Å². The fraction of sp³-hybridized carbons (Fsp3) is 0.364. The number of carbonyl (C=O) groups is 1. The lowest BCUT2D eigenvalue weighted by atomic mass is 10.0. The third-order valence-electron chi connectivity index (χ3n) is 2.07. The van der Waals surface area contributed by atoms with Gasteiger partial charge in [-0.25, -0.2) is 4.39 Å². The van der Waals surface area contributed by atoms with E-state index in [-0.39, 0.29) is 11.6 Å². The lowest BCUT2D eigenvalue weighted by molar-refractivity contribution is -0.117. The van der Waals surface area contributed by atoms with Gasteiger partial charge in [-0.15, -0.1) is 0 Å². The van der Waals surface area contributed by atoms with E-state index >= 15 is 0 Å². The van der Waals surface area contributed by atoms with Gasteiger partial charge >= 0.3 is 0 Å². The average molecular weight is 195 g/mol. The van der Waals surface area contributed by atoms with Gasteiger partial charge in [0.1, 0.15) is 5.82 Å². The van der Waals surface area contributed by atoms with Crippen LogP contribution in [-0.2, 0) is 11.2 Å². The Morgan fingerprint density at radius 1 is 1.50 bits per heavy atom. The molecular formula is C11H14FNO.